The van der Waals surface area contributed by atoms with Crippen LogP contribution in [0.15, 0.2) is 97.5 Å². The highest BCUT2D eigenvalue weighted by Crippen LogP contribution is 2.40. The first-order valence-electron chi connectivity index (χ1n) is 12.5. The number of fused-ring (bicyclic) bond motifs is 1. The Bertz CT molecular complexity index is 1480. The molecule has 1 fully saturated rings. The average Bonchev–Trinajstić information content (AvgIpc) is 2.92. The van der Waals surface area contributed by atoms with Crippen molar-refractivity contribution in [2.24, 2.45) is 5.73 Å². The van der Waals surface area contributed by atoms with Gasteiger partial charge >= 0.3 is 0 Å². The Morgan fingerprint density at radius 2 is 1.61 bits per heavy atom. The summed E-state index contributed by atoms with van der Waals surface area (Å²) in [5.74, 6) is 0.600. The van der Waals surface area contributed by atoms with Gasteiger partial charge < -0.3 is 10.5 Å². The first-order chi connectivity index (χ1) is 17.7. The molecule has 0 amide bonds. The van der Waals surface area contributed by atoms with Gasteiger partial charge in [0, 0.05) is 41.7 Å². The number of benzene rings is 2. The van der Waals surface area contributed by atoms with Crippen molar-refractivity contribution in [1.82, 2.24) is 15.0 Å². The van der Waals surface area contributed by atoms with Crippen LogP contribution in [-0.2, 0) is 12.0 Å². The van der Waals surface area contributed by atoms with Crippen LogP contribution in [0.3, 0.4) is 0 Å². The molecule has 2 N–H and O–H groups in total. The van der Waals surface area contributed by atoms with Crippen molar-refractivity contribution < 1.29 is 4.74 Å². The standard InChI is InChI=1S/C31H28N4O/c32-31(15-4-16-31)25-9-7-24(8-10-25)29-26(23-5-2-1-3-6-23)21-27-28(35-29)13-19-34-30(27)36-20-14-22-11-17-33-18-12-22/h1-3,5-13,17-19,21H,4,14-16,20,32H2. The monoisotopic (exact) mass is 472 g/mol. The normalized spacial score (nSPS) is 14.4. The van der Waals surface area contributed by atoms with Crippen LogP contribution in [0.25, 0.3) is 33.3 Å². The van der Waals surface area contributed by atoms with Crippen LogP contribution in [0.5, 0.6) is 5.88 Å². The average molecular weight is 473 g/mol. The third kappa shape index (κ3) is 4.34. The summed E-state index contributed by atoms with van der Waals surface area (Å²) >= 11 is 0. The van der Waals surface area contributed by atoms with Crippen molar-refractivity contribution in [2.45, 2.75) is 31.2 Å². The van der Waals surface area contributed by atoms with Gasteiger partial charge in [-0.25, -0.2) is 9.97 Å². The molecule has 2 aromatic carbocycles. The highest BCUT2D eigenvalue weighted by molar-refractivity contribution is 5.93. The van der Waals surface area contributed by atoms with E-state index in [2.05, 4.69) is 64.6 Å². The molecule has 0 aliphatic heterocycles. The van der Waals surface area contributed by atoms with E-state index in [0.717, 1.165) is 52.5 Å². The molecule has 1 saturated carbocycles. The first-order valence-corrected chi connectivity index (χ1v) is 12.5. The maximum Gasteiger partial charge on any atom is 0.222 e. The van der Waals surface area contributed by atoms with Crippen LogP contribution in [0.2, 0.25) is 0 Å². The van der Waals surface area contributed by atoms with Crippen LogP contribution >= 0.6 is 0 Å². The Labute approximate surface area is 211 Å². The molecule has 5 aromatic rings. The fourth-order valence-corrected chi connectivity index (χ4v) is 4.87. The summed E-state index contributed by atoms with van der Waals surface area (Å²) in [6.07, 6.45) is 9.45. The van der Waals surface area contributed by atoms with Gasteiger partial charge in [-0.05, 0) is 60.2 Å². The van der Waals surface area contributed by atoms with Crippen LogP contribution < -0.4 is 10.5 Å². The summed E-state index contributed by atoms with van der Waals surface area (Å²) in [5.41, 5.74) is 13.8. The number of nitrogens with zero attached hydrogens (tertiary/aromatic N) is 3. The van der Waals surface area contributed by atoms with Crippen LogP contribution in [0.4, 0.5) is 0 Å². The predicted molar refractivity (Wildman–Crippen MR) is 144 cm³/mol. The number of hydrogen-bond acceptors (Lipinski definition) is 5. The molecule has 1 aliphatic rings. The summed E-state index contributed by atoms with van der Waals surface area (Å²) < 4.78 is 6.15. The molecule has 0 atom stereocenters. The van der Waals surface area contributed by atoms with Gasteiger partial charge in [-0.3, -0.25) is 4.98 Å². The quantitative estimate of drug-likeness (QED) is 0.300. The molecule has 0 spiro atoms. The van der Waals surface area contributed by atoms with E-state index in [1.807, 2.05) is 24.3 Å². The Morgan fingerprint density at radius 1 is 0.833 bits per heavy atom. The summed E-state index contributed by atoms with van der Waals surface area (Å²) in [4.78, 5) is 13.7. The fourth-order valence-electron chi connectivity index (χ4n) is 4.87. The number of aromatic nitrogens is 3. The second kappa shape index (κ2) is 9.51. The van der Waals surface area contributed by atoms with Gasteiger partial charge in [0.25, 0.3) is 0 Å². The van der Waals surface area contributed by atoms with Crippen LogP contribution in [-0.4, -0.2) is 21.6 Å². The van der Waals surface area contributed by atoms with E-state index in [4.69, 9.17) is 15.5 Å². The smallest absolute Gasteiger partial charge is 0.222 e. The lowest BCUT2D eigenvalue weighted by Crippen LogP contribution is -2.43. The molecule has 0 saturated heterocycles. The summed E-state index contributed by atoms with van der Waals surface area (Å²) in [6.45, 7) is 0.529. The van der Waals surface area contributed by atoms with E-state index in [-0.39, 0.29) is 5.54 Å². The second-order valence-electron chi connectivity index (χ2n) is 9.47. The first kappa shape index (κ1) is 22.4. The van der Waals surface area contributed by atoms with Crippen molar-refractivity contribution >= 4 is 10.9 Å². The summed E-state index contributed by atoms with van der Waals surface area (Å²) in [7, 11) is 0. The largest absolute Gasteiger partial charge is 0.477 e. The molecular weight excluding hydrogens is 444 g/mol. The van der Waals surface area contributed by atoms with Crippen molar-refractivity contribution in [1.29, 1.82) is 0 Å². The summed E-state index contributed by atoms with van der Waals surface area (Å²) in [6, 6.07) is 27.1. The lowest BCUT2D eigenvalue weighted by atomic mass is 9.72. The SMILES string of the molecule is NC1(c2ccc(-c3nc4ccnc(OCCc5ccncc5)c4cc3-c3ccccc3)cc2)CCC1. The lowest BCUT2D eigenvalue weighted by Gasteiger charge is -2.38. The zero-order valence-corrected chi connectivity index (χ0v) is 20.1. The van der Waals surface area contributed by atoms with Crippen molar-refractivity contribution in [3.8, 4) is 28.3 Å². The molecule has 5 heteroatoms. The zero-order valence-electron chi connectivity index (χ0n) is 20.1. The Morgan fingerprint density at radius 3 is 2.33 bits per heavy atom. The topological polar surface area (TPSA) is 73.9 Å². The molecule has 36 heavy (non-hydrogen) atoms. The second-order valence-corrected chi connectivity index (χ2v) is 9.47. The number of ether oxygens (including phenoxy) is 1. The van der Waals surface area contributed by atoms with E-state index >= 15 is 0 Å². The zero-order chi connectivity index (χ0) is 24.4. The van der Waals surface area contributed by atoms with Gasteiger partial charge in [0.15, 0.2) is 0 Å². The molecular formula is C31H28N4O. The van der Waals surface area contributed by atoms with Crippen LogP contribution in [0.1, 0.15) is 30.4 Å². The molecule has 3 heterocycles. The molecule has 178 valence electrons. The maximum absolute atomic E-state index is 6.56. The molecule has 6 rings (SSSR count). The molecule has 5 nitrogen and oxygen atoms in total. The predicted octanol–water partition coefficient (Wildman–Crippen LogP) is 6.32. The van der Waals surface area contributed by atoms with Crippen molar-refractivity contribution in [3.05, 3.63) is 109 Å². The third-order valence-corrected chi connectivity index (χ3v) is 7.15. The van der Waals surface area contributed by atoms with Gasteiger partial charge in [0.2, 0.25) is 5.88 Å². The Kier molecular flexibility index (Phi) is 5.91. The Balaban J connectivity index is 1.39. The highest BCUT2D eigenvalue weighted by Gasteiger charge is 2.34. The van der Waals surface area contributed by atoms with Gasteiger partial charge in [0.05, 0.1) is 23.2 Å². The van der Waals surface area contributed by atoms with Gasteiger partial charge in [-0.15, -0.1) is 0 Å². The van der Waals surface area contributed by atoms with Crippen LogP contribution in [0, 0.1) is 0 Å². The molecule has 0 unspecified atom stereocenters. The fraction of sp³-hybridized carbons (Fsp3) is 0.194. The minimum absolute atomic E-state index is 0.175. The van der Waals surface area contributed by atoms with Gasteiger partial charge in [-0.2, -0.15) is 0 Å². The summed E-state index contributed by atoms with van der Waals surface area (Å²) in [5, 5.41) is 0.904. The van der Waals surface area contributed by atoms with Gasteiger partial charge in [-0.1, -0.05) is 54.6 Å². The minimum atomic E-state index is -0.175. The number of hydrogen-bond donors (Lipinski definition) is 1. The molecule has 1 aliphatic carbocycles. The Hall–Kier alpha value is -4.09. The third-order valence-electron chi connectivity index (χ3n) is 7.15. The van der Waals surface area contributed by atoms with Crippen molar-refractivity contribution in [3.63, 3.8) is 0 Å². The number of rotatable bonds is 7. The number of pyridine rings is 3. The van der Waals surface area contributed by atoms with E-state index in [1.54, 1.807) is 18.6 Å². The minimum Gasteiger partial charge on any atom is -0.477 e. The lowest BCUT2D eigenvalue weighted by molar-refractivity contribution is 0.253. The van der Waals surface area contributed by atoms with E-state index < -0.39 is 0 Å². The molecule has 0 radical (unpaired) electrons. The maximum atomic E-state index is 6.56. The van der Waals surface area contributed by atoms with E-state index in [1.165, 1.54) is 17.5 Å². The molecule has 3 aromatic heterocycles. The van der Waals surface area contributed by atoms with Crippen molar-refractivity contribution in [2.75, 3.05) is 6.61 Å². The highest BCUT2D eigenvalue weighted by atomic mass is 16.5. The van der Waals surface area contributed by atoms with E-state index in [0.29, 0.717) is 12.5 Å². The number of nitrogens with two attached hydrogens (primary N) is 1. The van der Waals surface area contributed by atoms with Gasteiger partial charge in [0.1, 0.15) is 0 Å². The van der Waals surface area contributed by atoms with E-state index in [9.17, 15) is 0 Å². The molecule has 0 bridgehead atoms.